The average Bonchev–Trinajstić information content (AvgIpc) is 1.68. The second-order valence-corrected chi connectivity index (χ2v) is 1.74. The van der Waals surface area contributed by atoms with Crippen LogP contribution in [0.4, 0.5) is 0 Å². The molecule has 0 aromatic rings. The van der Waals surface area contributed by atoms with Crippen molar-refractivity contribution in [1.29, 1.82) is 0 Å². The molecule has 0 saturated carbocycles. The zero-order chi connectivity index (χ0) is 6.41. The summed E-state index contributed by atoms with van der Waals surface area (Å²) in [5.74, 6) is -0.256. The zero-order valence-corrected chi connectivity index (χ0v) is 5.97. The molecular formula is C5H9O2P. The third kappa shape index (κ3) is 3.82. The molecule has 0 bridgehead atoms. The van der Waals surface area contributed by atoms with Gasteiger partial charge in [0.25, 0.3) is 0 Å². The van der Waals surface area contributed by atoms with Crippen LogP contribution in [-0.4, -0.2) is 12.6 Å². The van der Waals surface area contributed by atoms with E-state index in [9.17, 15) is 4.79 Å². The molecule has 8 heavy (non-hydrogen) atoms. The Bertz CT molecular complexity index is 98.6. The molecule has 1 atom stereocenters. The van der Waals surface area contributed by atoms with Gasteiger partial charge in [-0.2, -0.15) is 0 Å². The zero-order valence-electron chi connectivity index (χ0n) is 4.97. The minimum Gasteiger partial charge on any atom is -0.445 e. The van der Waals surface area contributed by atoms with E-state index in [2.05, 4.69) is 4.52 Å². The molecule has 0 saturated heterocycles. The molecule has 0 heterocycles. The minimum absolute atomic E-state index is 0.247. The highest BCUT2D eigenvalue weighted by atomic mass is 31.1. The monoisotopic (exact) mass is 132 g/mol. The van der Waals surface area contributed by atoms with Crippen molar-refractivity contribution in [2.24, 2.45) is 0 Å². The third-order valence-electron chi connectivity index (χ3n) is 0.505. The van der Waals surface area contributed by atoms with Crippen LogP contribution < -0.4 is 0 Å². The predicted octanol–water partition coefficient (Wildman–Crippen LogP) is 1.33. The fourth-order valence-corrected chi connectivity index (χ4v) is 0.540. The lowest BCUT2D eigenvalue weighted by atomic mass is 10.5. The van der Waals surface area contributed by atoms with E-state index in [1.165, 1.54) is 6.08 Å². The Hall–Kier alpha value is -0.360. The first-order chi connectivity index (χ1) is 3.81. The molecule has 0 rings (SSSR count). The van der Waals surface area contributed by atoms with Crippen molar-refractivity contribution in [1.82, 2.24) is 0 Å². The molecule has 0 aliphatic heterocycles. The summed E-state index contributed by atoms with van der Waals surface area (Å²) in [4.78, 5) is 10.3. The number of rotatable bonds is 2. The largest absolute Gasteiger partial charge is 0.445 e. The molecular weight excluding hydrogens is 123 g/mol. The van der Waals surface area contributed by atoms with Gasteiger partial charge in [0.05, 0.1) is 8.81 Å². The molecule has 0 aliphatic rings. The van der Waals surface area contributed by atoms with Crippen molar-refractivity contribution in [3.63, 3.8) is 0 Å². The Labute approximate surface area is 50.8 Å². The van der Waals surface area contributed by atoms with E-state index in [0.717, 1.165) is 0 Å². The summed E-state index contributed by atoms with van der Waals surface area (Å²) in [6.45, 7) is 3.58. The van der Waals surface area contributed by atoms with Crippen molar-refractivity contribution in [3.05, 3.63) is 12.2 Å². The highest BCUT2D eigenvalue weighted by molar-refractivity contribution is 7.31. The van der Waals surface area contributed by atoms with Crippen molar-refractivity contribution < 1.29 is 9.32 Å². The fraction of sp³-hybridized carbons (Fsp3) is 0.400. The smallest absolute Gasteiger partial charge is 0.332 e. The van der Waals surface area contributed by atoms with Crippen LogP contribution in [0, 0.1) is 0 Å². The van der Waals surface area contributed by atoms with E-state index in [1.54, 1.807) is 19.7 Å². The van der Waals surface area contributed by atoms with E-state index >= 15 is 0 Å². The summed E-state index contributed by atoms with van der Waals surface area (Å²) in [6, 6.07) is 0. The normalized spacial score (nSPS) is 11.2. The van der Waals surface area contributed by atoms with Gasteiger partial charge in [-0.3, -0.25) is 0 Å². The Kier molecular flexibility index (Phi) is 4.58. The number of hydrogen-bond donors (Lipinski definition) is 0. The lowest BCUT2D eigenvalue weighted by molar-refractivity contribution is -0.128. The van der Waals surface area contributed by atoms with Crippen molar-refractivity contribution in [2.45, 2.75) is 6.92 Å². The van der Waals surface area contributed by atoms with Crippen LogP contribution in [-0.2, 0) is 9.32 Å². The molecule has 0 amide bonds. The first-order valence-electron chi connectivity index (χ1n) is 2.31. The van der Waals surface area contributed by atoms with Gasteiger partial charge in [0.1, 0.15) is 0 Å². The molecule has 46 valence electrons. The maximum absolute atomic E-state index is 10.3. The van der Waals surface area contributed by atoms with Gasteiger partial charge in [-0.1, -0.05) is 6.08 Å². The molecule has 0 aliphatic carbocycles. The van der Waals surface area contributed by atoms with Crippen LogP contribution in [0.5, 0.6) is 0 Å². The summed E-state index contributed by atoms with van der Waals surface area (Å²) < 4.78 is 4.58. The molecule has 0 N–H and O–H groups in total. The second-order valence-electron chi connectivity index (χ2n) is 1.13. The van der Waals surface area contributed by atoms with E-state index in [0.29, 0.717) is 0 Å². The average molecular weight is 132 g/mol. The van der Waals surface area contributed by atoms with Gasteiger partial charge in [-0.15, -0.1) is 0 Å². The van der Waals surface area contributed by atoms with Gasteiger partial charge in [-0.05, 0) is 13.6 Å². The maximum Gasteiger partial charge on any atom is 0.332 e. The number of hydrogen-bond acceptors (Lipinski definition) is 2. The molecule has 0 aromatic carbocycles. The van der Waals surface area contributed by atoms with Gasteiger partial charge in [0.2, 0.25) is 0 Å². The lowest BCUT2D eigenvalue weighted by Crippen LogP contribution is -1.89. The number of carbonyl (C=O) groups excluding carboxylic acids is 1. The molecule has 0 spiro atoms. The highest BCUT2D eigenvalue weighted by Crippen LogP contribution is 2.03. The summed E-state index contributed by atoms with van der Waals surface area (Å²) >= 11 is 0. The van der Waals surface area contributed by atoms with Crippen LogP contribution >= 0.6 is 8.81 Å². The Morgan fingerprint density at radius 2 is 2.38 bits per heavy atom. The Morgan fingerprint density at radius 1 is 1.75 bits per heavy atom. The summed E-state index contributed by atoms with van der Waals surface area (Å²) in [7, 11) is 0.247. The van der Waals surface area contributed by atoms with Crippen molar-refractivity contribution in [2.75, 3.05) is 6.66 Å². The first kappa shape index (κ1) is 7.64. The maximum atomic E-state index is 10.3. The van der Waals surface area contributed by atoms with Gasteiger partial charge in [-0.25, -0.2) is 4.79 Å². The number of carbonyl (C=O) groups is 1. The first-order valence-corrected chi connectivity index (χ1v) is 3.72. The summed E-state index contributed by atoms with van der Waals surface area (Å²) in [6.07, 6.45) is 3.05. The van der Waals surface area contributed by atoms with Crippen LogP contribution in [0.15, 0.2) is 12.2 Å². The quantitative estimate of drug-likeness (QED) is 0.418. The second kappa shape index (κ2) is 4.79. The molecule has 0 radical (unpaired) electrons. The molecule has 3 heteroatoms. The summed E-state index contributed by atoms with van der Waals surface area (Å²) in [5.41, 5.74) is 0. The molecule has 0 fully saturated rings. The highest BCUT2D eigenvalue weighted by Gasteiger charge is 1.88. The standard InChI is InChI=1S/C5H9O2P/c1-3-4-5(6)7-8-2/h3-4,8H,1-2H3. The van der Waals surface area contributed by atoms with Crippen LogP contribution in [0.25, 0.3) is 0 Å². The van der Waals surface area contributed by atoms with Crippen LogP contribution in [0.2, 0.25) is 0 Å². The topological polar surface area (TPSA) is 26.3 Å². The minimum atomic E-state index is -0.256. The molecule has 2 nitrogen and oxygen atoms in total. The predicted molar refractivity (Wildman–Crippen MR) is 35.1 cm³/mol. The SMILES string of the molecule is CC=CC(=O)OPC. The molecule has 1 unspecified atom stereocenters. The van der Waals surface area contributed by atoms with Crippen molar-refractivity contribution in [3.8, 4) is 0 Å². The third-order valence-corrected chi connectivity index (χ3v) is 0.911. The van der Waals surface area contributed by atoms with Gasteiger partial charge < -0.3 is 4.52 Å². The van der Waals surface area contributed by atoms with Crippen molar-refractivity contribution >= 4 is 14.8 Å². The Balaban J connectivity index is 3.33. The Morgan fingerprint density at radius 3 is 2.75 bits per heavy atom. The van der Waals surface area contributed by atoms with Crippen LogP contribution in [0.3, 0.4) is 0 Å². The number of allylic oxidation sites excluding steroid dienone is 1. The van der Waals surface area contributed by atoms with E-state index in [4.69, 9.17) is 0 Å². The fourth-order valence-electron chi connectivity index (χ4n) is 0.271. The molecule has 0 aromatic heterocycles. The van der Waals surface area contributed by atoms with E-state index in [1.807, 2.05) is 0 Å². The van der Waals surface area contributed by atoms with Gasteiger partial charge in [0.15, 0.2) is 0 Å². The lowest BCUT2D eigenvalue weighted by Gasteiger charge is -1.91. The van der Waals surface area contributed by atoms with E-state index < -0.39 is 0 Å². The van der Waals surface area contributed by atoms with Gasteiger partial charge in [0, 0.05) is 6.08 Å². The van der Waals surface area contributed by atoms with Gasteiger partial charge >= 0.3 is 5.97 Å². The van der Waals surface area contributed by atoms with E-state index in [-0.39, 0.29) is 14.8 Å². The van der Waals surface area contributed by atoms with Crippen LogP contribution in [0.1, 0.15) is 6.92 Å². The summed E-state index contributed by atoms with van der Waals surface area (Å²) in [5, 5.41) is 0.